The maximum absolute atomic E-state index is 13.0. The monoisotopic (exact) mass is 739 g/mol. The molecular weight excluding hydrogens is 697 g/mol. The predicted octanol–water partition coefficient (Wildman–Crippen LogP) is 8.82. The summed E-state index contributed by atoms with van der Waals surface area (Å²) < 4.78 is 23.3. The molecule has 2 heterocycles. The van der Waals surface area contributed by atoms with Gasteiger partial charge in [-0.25, -0.2) is 4.98 Å². The highest BCUT2D eigenvalue weighted by Crippen LogP contribution is 2.32. The topological polar surface area (TPSA) is 73.4 Å². The van der Waals surface area contributed by atoms with Crippen LogP contribution in [0.1, 0.15) is 27.8 Å². The molecule has 0 saturated carbocycles. The number of halogens is 2. The highest BCUT2D eigenvalue weighted by molar-refractivity contribution is 6.31. The summed E-state index contributed by atoms with van der Waals surface area (Å²) in [6.45, 7) is 6.95. The van der Waals surface area contributed by atoms with Gasteiger partial charge in [0.25, 0.3) is 0 Å². The number of ether oxygens (including phenoxy) is 4. The Morgan fingerprint density at radius 2 is 1.56 bits per heavy atom. The number of nitrogens with zero attached hydrogens (tertiary/aromatic N) is 3. The number of amides is 1. The summed E-state index contributed by atoms with van der Waals surface area (Å²) in [5.74, 6) is 2.93. The molecule has 0 atom stereocenters. The highest BCUT2D eigenvalue weighted by Gasteiger charge is 2.20. The van der Waals surface area contributed by atoms with Crippen LogP contribution in [0.15, 0.2) is 115 Å². The van der Waals surface area contributed by atoms with Crippen LogP contribution in [0.2, 0.25) is 5.02 Å². The van der Waals surface area contributed by atoms with Crippen LogP contribution in [0.4, 0.5) is 0 Å². The first-order chi connectivity index (χ1) is 24.9. The molecule has 10 heteroatoms. The van der Waals surface area contributed by atoms with Gasteiger partial charge in [-0.05, 0) is 66.1 Å². The van der Waals surface area contributed by atoms with Crippen molar-refractivity contribution >= 4 is 36.0 Å². The first-order valence-electron chi connectivity index (χ1n) is 17.1. The minimum absolute atomic E-state index is 0. The van der Waals surface area contributed by atoms with E-state index in [0.717, 1.165) is 42.9 Å². The van der Waals surface area contributed by atoms with Crippen molar-refractivity contribution < 1.29 is 23.7 Å². The minimum Gasteiger partial charge on any atom is -0.493 e. The van der Waals surface area contributed by atoms with E-state index >= 15 is 0 Å². The fourth-order valence-electron chi connectivity index (χ4n) is 5.66. The Morgan fingerprint density at radius 3 is 2.27 bits per heavy atom. The van der Waals surface area contributed by atoms with Crippen LogP contribution in [-0.2, 0) is 24.4 Å². The Balaban J connectivity index is 0.00000523. The van der Waals surface area contributed by atoms with Gasteiger partial charge in [-0.1, -0.05) is 77.8 Å². The second-order valence-electron chi connectivity index (χ2n) is 12.4. The molecule has 1 aromatic heterocycles. The van der Waals surface area contributed by atoms with E-state index in [2.05, 4.69) is 53.2 Å². The summed E-state index contributed by atoms with van der Waals surface area (Å²) in [5, 5.41) is 0.657. The molecule has 0 spiro atoms. The lowest BCUT2D eigenvalue weighted by atomic mass is 10.1. The van der Waals surface area contributed by atoms with Crippen LogP contribution >= 0.6 is 24.0 Å². The number of rotatable bonds is 14. The van der Waals surface area contributed by atoms with Gasteiger partial charge in [0.1, 0.15) is 18.1 Å². The third-order valence-corrected chi connectivity index (χ3v) is 9.04. The van der Waals surface area contributed by atoms with Gasteiger partial charge >= 0.3 is 0 Å². The molecule has 0 unspecified atom stereocenters. The third kappa shape index (κ3) is 11.0. The molecule has 52 heavy (non-hydrogen) atoms. The molecule has 0 N–H and O–H groups in total. The molecule has 4 aromatic carbocycles. The minimum atomic E-state index is -0.00723. The van der Waals surface area contributed by atoms with Gasteiger partial charge in [0.05, 0.1) is 19.9 Å². The molecule has 5 aromatic rings. The smallest absolute Gasteiger partial charge is 0.246 e. The normalized spacial score (nSPS) is 13.0. The molecule has 0 radical (unpaired) electrons. The van der Waals surface area contributed by atoms with Crippen molar-refractivity contribution in [2.24, 2.45) is 0 Å². The van der Waals surface area contributed by atoms with Crippen molar-refractivity contribution in [1.29, 1.82) is 0 Å². The van der Waals surface area contributed by atoms with Crippen LogP contribution in [0, 0.1) is 6.92 Å². The Bertz CT molecular complexity index is 1910. The van der Waals surface area contributed by atoms with Gasteiger partial charge in [0.15, 0.2) is 11.5 Å². The molecule has 1 aliphatic heterocycles. The first-order valence-corrected chi connectivity index (χ1v) is 17.4. The number of pyridine rings is 1. The summed E-state index contributed by atoms with van der Waals surface area (Å²) in [4.78, 5) is 21.7. The van der Waals surface area contributed by atoms with Crippen LogP contribution in [0.25, 0.3) is 6.08 Å². The molecule has 0 bridgehead atoms. The number of aromatic nitrogens is 1. The molecule has 1 amide bonds. The van der Waals surface area contributed by atoms with Gasteiger partial charge in [-0.15, -0.1) is 12.4 Å². The molecular formula is C42H43Cl2N3O5. The van der Waals surface area contributed by atoms with Crippen molar-refractivity contribution in [2.75, 3.05) is 39.9 Å². The molecule has 0 aliphatic carbocycles. The Morgan fingerprint density at radius 1 is 0.827 bits per heavy atom. The van der Waals surface area contributed by atoms with E-state index in [1.165, 1.54) is 16.7 Å². The average Bonchev–Trinajstić information content (AvgIpc) is 3.16. The third-order valence-electron chi connectivity index (χ3n) is 8.68. The Kier molecular flexibility index (Phi) is 14.0. The lowest BCUT2D eigenvalue weighted by Crippen LogP contribution is -2.47. The van der Waals surface area contributed by atoms with Crippen molar-refractivity contribution in [3.05, 3.63) is 148 Å². The van der Waals surface area contributed by atoms with Crippen LogP contribution in [0.3, 0.4) is 0 Å². The number of benzene rings is 4. The number of hydrogen-bond acceptors (Lipinski definition) is 7. The van der Waals surface area contributed by atoms with E-state index in [-0.39, 0.29) is 18.3 Å². The number of carbonyl (C=O) groups excluding carboxylic acids is 1. The number of methoxy groups -OCH3 is 1. The van der Waals surface area contributed by atoms with Gasteiger partial charge in [0, 0.05) is 61.9 Å². The van der Waals surface area contributed by atoms with E-state index in [1.54, 1.807) is 43.7 Å². The second-order valence-corrected chi connectivity index (χ2v) is 12.8. The lowest BCUT2D eigenvalue weighted by molar-refractivity contribution is -0.127. The number of hydrogen-bond donors (Lipinski definition) is 0. The second kappa shape index (κ2) is 19.0. The van der Waals surface area contributed by atoms with Crippen molar-refractivity contribution in [3.8, 4) is 28.9 Å². The zero-order valence-electron chi connectivity index (χ0n) is 29.4. The van der Waals surface area contributed by atoms with Crippen LogP contribution < -0.4 is 18.9 Å². The van der Waals surface area contributed by atoms with Crippen molar-refractivity contribution in [2.45, 2.75) is 26.5 Å². The van der Waals surface area contributed by atoms with Gasteiger partial charge in [0.2, 0.25) is 11.8 Å². The molecule has 6 rings (SSSR count). The molecule has 1 saturated heterocycles. The zero-order valence-corrected chi connectivity index (χ0v) is 30.9. The Hall–Kier alpha value is -5.02. The van der Waals surface area contributed by atoms with Crippen molar-refractivity contribution in [3.63, 3.8) is 0 Å². The molecule has 1 aliphatic rings. The molecule has 8 nitrogen and oxygen atoms in total. The van der Waals surface area contributed by atoms with E-state index in [9.17, 15) is 4.79 Å². The summed E-state index contributed by atoms with van der Waals surface area (Å²) in [7, 11) is 1.58. The largest absolute Gasteiger partial charge is 0.493 e. The van der Waals surface area contributed by atoms with Crippen LogP contribution in [0.5, 0.6) is 28.9 Å². The van der Waals surface area contributed by atoms with Gasteiger partial charge in [-0.3, -0.25) is 9.69 Å². The molecule has 270 valence electrons. The van der Waals surface area contributed by atoms with Gasteiger partial charge in [-0.2, -0.15) is 0 Å². The molecule has 1 fully saturated rings. The van der Waals surface area contributed by atoms with E-state index in [4.69, 9.17) is 30.5 Å². The van der Waals surface area contributed by atoms with E-state index < -0.39 is 0 Å². The van der Waals surface area contributed by atoms with E-state index in [0.29, 0.717) is 54.5 Å². The standard InChI is InChI=1S/C42H42ClN3O5.ClH/c1-31-7-15-36(16-8-31)49-26-21-32-9-11-34(12-10-32)29-45-22-24-46(25-23-45)42(47)20-14-33-13-18-39(40(27-33)48-2)51-41-19-17-37(28-44-41)50-30-35-5-3-4-6-38(35)43;/h3-20,27-28H,21-26,29-30H2,1-2H3;1H. The number of carbonyl (C=O) groups is 1. The highest BCUT2D eigenvalue weighted by atomic mass is 35.5. The summed E-state index contributed by atoms with van der Waals surface area (Å²) in [6.07, 6.45) is 5.89. The fraction of sp³-hybridized carbons (Fsp3) is 0.238. The van der Waals surface area contributed by atoms with E-state index in [1.807, 2.05) is 53.4 Å². The number of piperazine rings is 1. The lowest BCUT2D eigenvalue weighted by Gasteiger charge is -2.34. The van der Waals surface area contributed by atoms with Gasteiger partial charge < -0.3 is 23.8 Å². The quantitative estimate of drug-likeness (QED) is 0.105. The fourth-order valence-corrected chi connectivity index (χ4v) is 5.85. The first kappa shape index (κ1) is 38.2. The zero-order chi connectivity index (χ0) is 35.4. The summed E-state index contributed by atoms with van der Waals surface area (Å²) in [6, 6.07) is 33.5. The average molecular weight is 741 g/mol. The Labute approximate surface area is 317 Å². The van der Waals surface area contributed by atoms with Crippen LogP contribution in [-0.4, -0.2) is 60.6 Å². The summed E-state index contributed by atoms with van der Waals surface area (Å²) >= 11 is 6.22. The maximum atomic E-state index is 13.0. The maximum Gasteiger partial charge on any atom is 0.246 e. The predicted molar refractivity (Wildman–Crippen MR) is 208 cm³/mol. The number of aryl methyl sites for hydroxylation is 1. The summed E-state index contributed by atoms with van der Waals surface area (Å²) in [5.41, 5.74) is 5.48. The van der Waals surface area contributed by atoms with Crippen molar-refractivity contribution in [1.82, 2.24) is 14.8 Å². The SMILES string of the molecule is COc1cc(C=CC(=O)N2CCN(Cc3ccc(CCOc4ccc(C)cc4)cc3)CC2)ccc1Oc1ccc(OCc2ccccc2Cl)cn1.Cl.